The molecule has 3 amide bonds. The van der Waals surface area contributed by atoms with E-state index in [0.29, 0.717) is 6.42 Å². The zero-order chi connectivity index (χ0) is 27.3. The number of carboxylic acid groups (broad SMARTS) is 1. The van der Waals surface area contributed by atoms with Crippen molar-refractivity contribution in [2.75, 3.05) is 6.54 Å². The lowest BCUT2D eigenvalue weighted by Crippen LogP contribution is -2.58. The molecule has 0 aromatic rings. The summed E-state index contributed by atoms with van der Waals surface area (Å²) in [6, 6.07) is -4.48. The highest BCUT2D eigenvalue weighted by atomic mass is 16.4. The van der Waals surface area contributed by atoms with Crippen LogP contribution >= 0.6 is 0 Å². The molecule has 0 heterocycles. The van der Waals surface area contributed by atoms with Gasteiger partial charge in [-0.2, -0.15) is 0 Å². The van der Waals surface area contributed by atoms with Gasteiger partial charge >= 0.3 is 5.97 Å². The van der Waals surface area contributed by atoms with Gasteiger partial charge in [0.1, 0.15) is 24.2 Å². The molecular formula is C22H43N7O6. The summed E-state index contributed by atoms with van der Waals surface area (Å²) in [6.07, 6.45) is -0.218. The number of nitrogens with zero attached hydrogens (tertiary/aromatic N) is 1. The van der Waals surface area contributed by atoms with Crippen molar-refractivity contribution in [3.63, 3.8) is 0 Å². The Morgan fingerprint density at radius 1 is 0.800 bits per heavy atom. The van der Waals surface area contributed by atoms with Crippen LogP contribution in [0.3, 0.4) is 0 Å². The van der Waals surface area contributed by atoms with Crippen LogP contribution in [0.15, 0.2) is 4.99 Å². The smallest absolute Gasteiger partial charge is 0.326 e. The minimum atomic E-state index is -1.26. The number of hydrogen-bond acceptors (Lipinski definition) is 7. The average molecular weight is 502 g/mol. The first kappa shape index (κ1) is 32.1. The molecular weight excluding hydrogens is 458 g/mol. The fraction of sp³-hybridized carbons (Fsp3) is 0.773. The van der Waals surface area contributed by atoms with Crippen LogP contribution in [-0.4, -0.2) is 76.7 Å². The van der Waals surface area contributed by atoms with E-state index in [1.807, 2.05) is 27.7 Å². The fourth-order valence-electron chi connectivity index (χ4n) is 3.20. The Kier molecular flexibility index (Phi) is 14.5. The molecule has 13 nitrogen and oxygen atoms in total. The summed E-state index contributed by atoms with van der Waals surface area (Å²) >= 11 is 0. The van der Waals surface area contributed by atoms with Gasteiger partial charge < -0.3 is 43.4 Å². The van der Waals surface area contributed by atoms with Gasteiger partial charge in [-0.05, 0) is 44.4 Å². The van der Waals surface area contributed by atoms with Crippen LogP contribution in [0.4, 0.5) is 0 Å². The standard InChI is InChI=1S/C22H43N7O6/c1-11(2)9-15(19(32)29-16(21(34)35)10-12(3)4)28-18(31)14(7-6-8-26-22(24)25)27-20(33)17(23)13(5)30/h11-17,30H,6-10,23H2,1-5H3,(H,27,33)(H,28,31)(H,29,32)(H,34,35)(H4,24,25,26). The highest BCUT2D eigenvalue weighted by Gasteiger charge is 2.31. The molecule has 5 unspecified atom stereocenters. The Balaban J connectivity index is 5.61. The first-order valence-electron chi connectivity index (χ1n) is 11.8. The summed E-state index contributed by atoms with van der Waals surface area (Å²) in [4.78, 5) is 53.8. The molecule has 35 heavy (non-hydrogen) atoms. The van der Waals surface area contributed by atoms with Crippen molar-refractivity contribution >= 4 is 29.7 Å². The predicted molar refractivity (Wildman–Crippen MR) is 132 cm³/mol. The third-order valence-electron chi connectivity index (χ3n) is 5.06. The quantitative estimate of drug-likeness (QED) is 0.0688. The number of carboxylic acids is 1. The molecule has 0 aliphatic rings. The van der Waals surface area contributed by atoms with Crippen molar-refractivity contribution in [2.24, 2.45) is 34.0 Å². The number of nitrogens with one attached hydrogen (secondary N) is 3. The molecule has 5 atom stereocenters. The van der Waals surface area contributed by atoms with Gasteiger partial charge in [0.15, 0.2) is 5.96 Å². The first-order chi connectivity index (χ1) is 16.1. The van der Waals surface area contributed by atoms with Crippen LogP contribution in [0.25, 0.3) is 0 Å². The van der Waals surface area contributed by atoms with Crippen LogP contribution < -0.4 is 33.2 Å². The van der Waals surface area contributed by atoms with E-state index in [9.17, 15) is 29.4 Å². The fourth-order valence-corrected chi connectivity index (χ4v) is 3.20. The third-order valence-corrected chi connectivity index (χ3v) is 5.06. The van der Waals surface area contributed by atoms with Gasteiger partial charge in [-0.3, -0.25) is 19.4 Å². The molecule has 0 aliphatic heterocycles. The number of aliphatic imine (C=N–C) groups is 1. The van der Waals surface area contributed by atoms with Gasteiger partial charge in [-0.25, -0.2) is 4.79 Å². The van der Waals surface area contributed by atoms with Crippen molar-refractivity contribution in [3.8, 4) is 0 Å². The first-order valence-corrected chi connectivity index (χ1v) is 11.8. The largest absolute Gasteiger partial charge is 0.480 e. The number of guanidine groups is 1. The minimum Gasteiger partial charge on any atom is -0.480 e. The number of rotatable bonds is 16. The monoisotopic (exact) mass is 501 g/mol. The maximum atomic E-state index is 13.1. The van der Waals surface area contributed by atoms with Crippen LogP contribution in [0.2, 0.25) is 0 Å². The molecule has 13 heteroatoms. The van der Waals surface area contributed by atoms with Gasteiger partial charge in [0, 0.05) is 6.54 Å². The summed E-state index contributed by atoms with van der Waals surface area (Å²) in [5.41, 5.74) is 16.3. The van der Waals surface area contributed by atoms with Gasteiger partial charge in [0.05, 0.1) is 6.10 Å². The van der Waals surface area contributed by atoms with Gasteiger partial charge in [-0.1, -0.05) is 27.7 Å². The second kappa shape index (κ2) is 15.9. The Labute approximate surface area is 206 Å². The number of hydrogen-bond donors (Lipinski definition) is 8. The Morgan fingerprint density at radius 3 is 1.71 bits per heavy atom. The zero-order valence-corrected chi connectivity index (χ0v) is 21.3. The third kappa shape index (κ3) is 13.5. The Morgan fingerprint density at radius 2 is 1.26 bits per heavy atom. The molecule has 0 spiro atoms. The van der Waals surface area contributed by atoms with Crippen molar-refractivity contribution in [2.45, 2.75) is 90.6 Å². The lowest BCUT2D eigenvalue weighted by molar-refractivity contribution is -0.143. The molecule has 0 fully saturated rings. The van der Waals surface area contributed by atoms with E-state index in [1.54, 1.807) is 0 Å². The maximum Gasteiger partial charge on any atom is 0.326 e. The summed E-state index contributed by atoms with van der Waals surface area (Å²) in [5.74, 6) is -3.29. The van der Waals surface area contributed by atoms with E-state index in [2.05, 4.69) is 20.9 Å². The van der Waals surface area contributed by atoms with E-state index in [-0.39, 0.29) is 43.6 Å². The van der Waals surface area contributed by atoms with Crippen molar-refractivity contribution in [1.29, 1.82) is 0 Å². The van der Waals surface area contributed by atoms with Crippen molar-refractivity contribution < 1.29 is 29.4 Å². The van der Waals surface area contributed by atoms with Crippen LogP contribution in [-0.2, 0) is 19.2 Å². The van der Waals surface area contributed by atoms with E-state index in [1.165, 1.54) is 6.92 Å². The van der Waals surface area contributed by atoms with E-state index in [0.717, 1.165) is 0 Å². The highest BCUT2D eigenvalue weighted by Crippen LogP contribution is 2.10. The highest BCUT2D eigenvalue weighted by molar-refractivity contribution is 5.94. The average Bonchev–Trinajstić information content (AvgIpc) is 2.72. The summed E-state index contributed by atoms with van der Waals surface area (Å²) in [6.45, 7) is 8.93. The van der Waals surface area contributed by atoms with E-state index in [4.69, 9.17) is 17.2 Å². The number of carbonyl (C=O) groups excluding carboxylic acids is 3. The van der Waals surface area contributed by atoms with Gasteiger partial charge in [0.25, 0.3) is 0 Å². The Bertz CT molecular complexity index is 738. The molecule has 0 aliphatic carbocycles. The lowest BCUT2D eigenvalue weighted by atomic mass is 10.00. The topological polar surface area (TPSA) is 235 Å². The van der Waals surface area contributed by atoms with Crippen LogP contribution in [0, 0.1) is 11.8 Å². The Hall–Kier alpha value is -2.93. The number of aliphatic hydroxyl groups excluding tert-OH is 1. The number of aliphatic carboxylic acids is 1. The normalized spacial score (nSPS) is 15.5. The predicted octanol–water partition coefficient (Wildman–Crippen LogP) is -1.62. The van der Waals surface area contributed by atoms with Gasteiger partial charge in [0.2, 0.25) is 17.7 Å². The molecule has 0 saturated heterocycles. The number of carbonyl (C=O) groups is 4. The van der Waals surface area contributed by atoms with E-state index < -0.39 is 54.0 Å². The number of nitrogens with two attached hydrogens (primary N) is 3. The summed E-state index contributed by atoms with van der Waals surface area (Å²) in [5, 5.41) is 26.7. The number of amides is 3. The second-order valence-corrected chi connectivity index (χ2v) is 9.50. The van der Waals surface area contributed by atoms with Crippen LogP contribution in [0.5, 0.6) is 0 Å². The molecule has 0 radical (unpaired) electrons. The molecule has 202 valence electrons. The summed E-state index contributed by atoms with van der Waals surface area (Å²) < 4.78 is 0. The van der Waals surface area contributed by atoms with Crippen molar-refractivity contribution in [1.82, 2.24) is 16.0 Å². The zero-order valence-electron chi connectivity index (χ0n) is 21.3. The van der Waals surface area contributed by atoms with Crippen molar-refractivity contribution in [3.05, 3.63) is 0 Å². The molecule has 0 aromatic carbocycles. The molecule has 0 rings (SSSR count). The van der Waals surface area contributed by atoms with Crippen LogP contribution in [0.1, 0.15) is 60.3 Å². The summed E-state index contributed by atoms with van der Waals surface area (Å²) in [7, 11) is 0. The van der Waals surface area contributed by atoms with Gasteiger partial charge in [-0.15, -0.1) is 0 Å². The molecule has 0 aromatic heterocycles. The minimum absolute atomic E-state index is 0.00186. The number of aliphatic hydroxyl groups is 1. The molecule has 11 N–H and O–H groups in total. The SMILES string of the molecule is CC(C)CC(NC(=O)C(CC(C)C)NC(=O)C(CCCN=C(N)N)NC(=O)C(N)C(C)O)C(=O)O. The maximum absolute atomic E-state index is 13.1. The lowest BCUT2D eigenvalue weighted by Gasteiger charge is -2.26. The second-order valence-electron chi connectivity index (χ2n) is 9.50. The molecule has 0 saturated carbocycles. The molecule has 0 bridgehead atoms. The van der Waals surface area contributed by atoms with E-state index >= 15 is 0 Å².